The lowest BCUT2D eigenvalue weighted by Gasteiger charge is -2.12. The van der Waals surface area contributed by atoms with Gasteiger partial charge in [0.15, 0.2) is 0 Å². The maximum atomic E-state index is 5.35. The Morgan fingerprint density at radius 1 is 1.00 bits per heavy atom. The van der Waals surface area contributed by atoms with Crippen LogP contribution in [0.5, 0.6) is 0 Å². The smallest absolute Gasteiger partial charge is 0.0700 e. The van der Waals surface area contributed by atoms with Gasteiger partial charge in [-0.05, 0) is 26.3 Å². The van der Waals surface area contributed by atoms with E-state index in [2.05, 4.69) is 12.2 Å². The fourth-order valence-corrected chi connectivity index (χ4v) is 1.23. The molecule has 92 valence electrons. The molecule has 0 aliphatic rings. The molecule has 0 spiro atoms. The largest absolute Gasteiger partial charge is 0.383 e. The molecule has 0 saturated heterocycles. The molecular weight excluding hydrogens is 194 g/mol. The van der Waals surface area contributed by atoms with E-state index >= 15 is 0 Å². The minimum absolute atomic E-state index is 0.435. The molecule has 0 heterocycles. The van der Waals surface area contributed by atoms with Crippen LogP contribution in [0.4, 0.5) is 0 Å². The monoisotopic (exact) mass is 219 g/mol. The molecular formula is C11H25NO3. The van der Waals surface area contributed by atoms with Crippen LogP contribution in [0.25, 0.3) is 0 Å². The Labute approximate surface area is 93.3 Å². The number of hydrogen-bond donors (Lipinski definition) is 1. The molecule has 1 atom stereocenters. The van der Waals surface area contributed by atoms with E-state index in [0.29, 0.717) is 19.3 Å². The normalized spacial score (nSPS) is 13.0. The van der Waals surface area contributed by atoms with E-state index in [-0.39, 0.29) is 0 Å². The molecule has 4 heteroatoms. The zero-order chi connectivity index (χ0) is 11.4. The van der Waals surface area contributed by atoms with Gasteiger partial charge in [0.2, 0.25) is 0 Å². The summed E-state index contributed by atoms with van der Waals surface area (Å²) in [5, 5.41) is 3.38. The van der Waals surface area contributed by atoms with Crippen LogP contribution >= 0.6 is 0 Å². The van der Waals surface area contributed by atoms with Gasteiger partial charge in [0.05, 0.1) is 19.8 Å². The molecule has 4 nitrogen and oxygen atoms in total. The maximum Gasteiger partial charge on any atom is 0.0700 e. The van der Waals surface area contributed by atoms with Gasteiger partial charge in [-0.25, -0.2) is 0 Å². The van der Waals surface area contributed by atoms with Crippen molar-refractivity contribution in [1.29, 1.82) is 0 Å². The predicted molar refractivity (Wildman–Crippen MR) is 61.3 cm³/mol. The Morgan fingerprint density at radius 3 is 2.47 bits per heavy atom. The predicted octanol–water partition coefficient (Wildman–Crippen LogP) is 1.05. The Kier molecular flexibility index (Phi) is 11.8. The van der Waals surface area contributed by atoms with Gasteiger partial charge in [0.1, 0.15) is 0 Å². The van der Waals surface area contributed by atoms with Gasteiger partial charge in [0.25, 0.3) is 0 Å². The van der Waals surface area contributed by atoms with Gasteiger partial charge in [-0.15, -0.1) is 0 Å². The van der Waals surface area contributed by atoms with Crippen molar-refractivity contribution in [3.63, 3.8) is 0 Å². The average molecular weight is 219 g/mol. The molecule has 0 aromatic heterocycles. The van der Waals surface area contributed by atoms with Gasteiger partial charge >= 0.3 is 0 Å². The summed E-state index contributed by atoms with van der Waals surface area (Å²) >= 11 is 0. The number of unbranched alkanes of at least 4 members (excludes halogenated alkanes) is 1. The fraction of sp³-hybridized carbons (Fsp3) is 1.00. The highest BCUT2D eigenvalue weighted by atomic mass is 16.5. The average Bonchev–Trinajstić information content (AvgIpc) is 2.22. The van der Waals surface area contributed by atoms with Crippen molar-refractivity contribution in [2.75, 3.05) is 47.2 Å². The van der Waals surface area contributed by atoms with Gasteiger partial charge in [-0.2, -0.15) is 0 Å². The summed E-state index contributed by atoms with van der Waals surface area (Å²) in [5.74, 6) is 0. The van der Waals surface area contributed by atoms with Crippen LogP contribution in [0.3, 0.4) is 0 Å². The van der Waals surface area contributed by atoms with E-state index in [9.17, 15) is 0 Å². The van der Waals surface area contributed by atoms with E-state index in [1.165, 1.54) is 0 Å². The summed E-state index contributed by atoms with van der Waals surface area (Å²) in [6.45, 7) is 6.12. The first-order valence-electron chi connectivity index (χ1n) is 5.60. The molecule has 0 aliphatic heterocycles. The lowest BCUT2D eigenvalue weighted by Crippen LogP contribution is -2.31. The van der Waals surface area contributed by atoms with Crippen molar-refractivity contribution < 1.29 is 14.2 Å². The second-order valence-electron chi connectivity index (χ2n) is 3.62. The van der Waals surface area contributed by atoms with E-state index in [0.717, 1.165) is 32.6 Å². The molecule has 0 aromatic rings. The lowest BCUT2D eigenvalue weighted by atomic mass is 10.3. The van der Waals surface area contributed by atoms with Gasteiger partial charge in [0, 0.05) is 26.9 Å². The van der Waals surface area contributed by atoms with Crippen molar-refractivity contribution in [3.05, 3.63) is 0 Å². The maximum absolute atomic E-state index is 5.35. The van der Waals surface area contributed by atoms with Gasteiger partial charge in [-0.1, -0.05) is 0 Å². The number of methoxy groups -OCH3 is 2. The number of hydrogen-bond acceptors (Lipinski definition) is 4. The van der Waals surface area contributed by atoms with Crippen molar-refractivity contribution in [2.45, 2.75) is 25.8 Å². The third-order valence-electron chi connectivity index (χ3n) is 2.06. The van der Waals surface area contributed by atoms with E-state index in [1.807, 2.05) is 0 Å². The zero-order valence-electron chi connectivity index (χ0n) is 10.3. The van der Waals surface area contributed by atoms with E-state index in [1.54, 1.807) is 14.2 Å². The molecule has 0 saturated carbocycles. The summed E-state index contributed by atoms with van der Waals surface area (Å²) in [6, 6.07) is 0.435. The SMILES string of the molecule is COCCOCCCCNC(C)COC. The van der Waals surface area contributed by atoms with E-state index in [4.69, 9.17) is 14.2 Å². The third kappa shape index (κ3) is 11.8. The van der Waals surface area contributed by atoms with Gasteiger partial charge in [-0.3, -0.25) is 0 Å². The molecule has 0 bridgehead atoms. The van der Waals surface area contributed by atoms with Gasteiger partial charge < -0.3 is 19.5 Å². The van der Waals surface area contributed by atoms with Crippen LogP contribution < -0.4 is 5.32 Å². The molecule has 0 amide bonds. The number of rotatable bonds is 11. The molecule has 1 unspecified atom stereocenters. The number of ether oxygens (including phenoxy) is 3. The quantitative estimate of drug-likeness (QED) is 0.527. The Balaban J connectivity index is 2.98. The van der Waals surface area contributed by atoms with Crippen molar-refractivity contribution >= 4 is 0 Å². The Hall–Kier alpha value is -0.160. The molecule has 15 heavy (non-hydrogen) atoms. The highest BCUT2D eigenvalue weighted by molar-refractivity contribution is 4.58. The zero-order valence-corrected chi connectivity index (χ0v) is 10.3. The second kappa shape index (κ2) is 11.9. The summed E-state index contributed by atoms with van der Waals surface area (Å²) < 4.78 is 15.3. The van der Waals surface area contributed by atoms with Crippen molar-refractivity contribution in [2.24, 2.45) is 0 Å². The topological polar surface area (TPSA) is 39.7 Å². The van der Waals surface area contributed by atoms with E-state index < -0.39 is 0 Å². The lowest BCUT2D eigenvalue weighted by molar-refractivity contribution is 0.0686. The fourth-order valence-electron chi connectivity index (χ4n) is 1.23. The highest BCUT2D eigenvalue weighted by Gasteiger charge is 1.98. The third-order valence-corrected chi connectivity index (χ3v) is 2.06. The van der Waals surface area contributed by atoms with Crippen LogP contribution in [-0.4, -0.2) is 53.2 Å². The van der Waals surface area contributed by atoms with Crippen molar-refractivity contribution in [3.8, 4) is 0 Å². The van der Waals surface area contributed by atoms with Crippen LogP contribution in [0, 0.1) is 0 Å². The molecule has 0 aliphatic carbocycles. The minimum atomic E-state index is 0.435. The first kappa shape index (κ1) is 14.8. The first-order valence-corrected chi connectivity index (χ1v) is 5.60. The van der Waals surface area contributed by atoms with Crippen LogP contribution in [0.2, 0.25) is 0 Å². The molecule has 1 N–H and O–H groups in total. The van der Waals surface area contributed by atoms with Crippen LogP contribution in [0.1, 0.15) is 19.8 Å². The molecule has 0 aromatic carbocycles. The van der Waals surface area contributed by atoms with Crippen LogP contribution in [-0.2, 0) is 14.2 Å². The minimum Gasteiger partial charge on any atom is -0.383 e. The second-order valence-corrected chi connectivity index (χ2v) is 3.62. The molecule has 0 rings (SSSR count). The standard InChI is InChI=1S/C11H25NO3/c1-11(10-14-3)12-6-4-5-7-15-9-8-13-2/h11-12H,4-10H2,1-3H3. The first-order chi connectivity index (χ1) is 7.31. The Morgan fingerprint density at radius 2 is 1.80 bits per heavy atom. The molecule has 0 radical (unpaired) electrons. The molecule has 0 fully saturated rings. The summed E-state index contributed by atoms with van der Waals surface area (Å²) in [4.78, 5) is 0. The van der Waals surface area contributed by atoms with Crippen LogP contribution in [0.15, 0.2) is 0 Å². The number of nitrogens with one attached hydrogen (secondary N) is 1. The summed E-state index contributed by atoms with van der Waals surface area (Å²) in [5.41, 5.74) is 0. The summed E-state index contributed by atoms with van der Waals surface area (Å²) in [6.07, 6.45) is 2.23. The van der Waals surface area contributed by atoms with Crippen molar-refractivity contribution in [1.82, 2.24) is 5.32 Å². The highest BCUT2D eigenvalue weighted by Crippen LogP contribution is 1.90. The summed E-state index contributed by atoms with van der Waals surface area (Å²) in [7, 11) is 3.41. The Bertz CT molecular complexity index is 122.